The van der Waals surface area contributed by atoms with Gasteiger partial charge in [-0.25, -0.2) is 8.42 Å². The molecule has 8 nitrogen and oxygen atoms in total. The fraction of sp³-hybridized carbons (Fsp3) is 0.278. The second kappa shape index (κ2) is 7.09. The molecule has 1 saturated heterocycles. The number of nitrogens with zero attached hydrogens (tertiary/aromatic N) is 3. The number of sulfonamides is 1. The van der Waals surface area contributed by atoms with E-state index in [2.05, 4.69) is 0 Å². The number of benzene rings is 2. The van der Waals surface area contributed by atoms with E-state index < -0.39 is 21.0 Å². The second-order valence-corrected chi connectivity index (χ2v) is 8.26. The highest BCUT2D eigenvalue weighted by Crippen LogP contribution is 2.27. The summed E-state index contributed by atoms with van der Waals surface area (Å²) in [6.45, 7) is 3.73. The maximum absolute atomic E-state index is 12.9. The summed E-state index contributed by atoms with van der Waals surface area (Å²) >= 11 is 0. The number of nitro groups is 1. The van der Waals surface area contributed by atoms with Crippen molar-refractivity contribution in [2.24, 2.45) is 0 Å². The minimum absolute atomic E-state index is 0.0696. The molecule has 1 aliphatic rings. The van der Waals surface area contributed by atoms with Gasteiger partial charge < -0.3 is 4.90 Å². The first-order chi connectivity index (χ1) is 12.7. The number of anilines is 1. The maximum Gasteiger partial charge on any atom is 0.269 e. The molecule has 0 spiro atoms. The van der Waals surface area contributed by atoms with Crippen molar-refractivity contribution in [3.8, 4) is 0 Å². The van der Waals surface area contributed by atoms with Crippen LogP contribution in [0.4, 0.5) is 11.4 Å². The first-order valence-electron chi connectivity index (χ1n) is 8.36. The minimum Gasteiger partial charge on any atom is -0.310 e. The van der Waals surface area contributed by atoms with Gasteiger partial charge in [0.1, 0.15) is 6.04 Å². The van der Waals surface area contributed by atoms with E-state index in [1.807, 2.05) is 6.92 Å². The summed E-state index contributed by atoms with van der Waals surface area (Å²) in [5.41, 5.74) is 1.38. The van der Waals surface area contributed by atoms with E-state index in [1.165, 1.54) is 45.6 Å². The van der Waals surface area contributed by atoms with Gasteiger partial charge in [-0.3, -0.25) is 14.9 Å². The van der Waals surface area contributed by atoms with Gasteiger partial charge in [0.15, 0.2) is 0 Å². The van der Waals surface area contributed by atoms with E-state index in [4.69, 9.17) is 0 Å². The monoisotopic (exact) mass is 389 g/mol. The Morgan fingerprint density at radius 3 is 2.19 bits per heavy atom. The Hall–Kier alpha value is -2.78. The van der Waals surface area contributed by atoms with Crippen molar-refractivity contribution in [1.82, 2.24) is 4.31 Å². The average Bonchev–Trinajstić information content (AvgIpc) is 2.64. The van der Waals surface area contributed by atoms with Crippen LogP contribution in [0.5, 0.6) is 0 Å². The summed E-state index contributed by atoms with van der Waals surface area (Å²) in [6.07, 6.45) is 0. The van der Waals surface area contributed by atoms with Crippen LogP contribution in [0.2, 0.25) is 0 Å². The number of non-ortho nitro benzene ring substituents is 1. The third kappa shape index (κ3) is 3.56. The van der Waals surface area contributed by atoms with Crippen LogP contribution >= 0.6 is 0 Å². The average molecular weight is 389 g/mol. The molecule has 2 aromatic rings. The highest BCUT2D eigenvalue weighted by Gasteiger charge is 2.39. The Kier molecular flexibility index (Phi) is 4.99. The molecular weight excluding hydrogens is 370 g/mol. The fourth-order valence-electron chi connectivity index (χ4n) is 3.04. The van der Waals surface area contributed by atoms with Crippen molar-refractivity contribution in [2.75, 3.05) is 18.0 Å². The van der Waals surface area contributed by atoms with Crippen molar-refractivity contribution >= 4 is 27.3 Å². The molecule has 1 aliphatic heterocycles. The van der Waals surface area contributed by atoms with Gasteiger partial charge in [-0.15, -0.1) is 0 Å². The standard InChI is InChI=1S/C18H19N3O5S/c1-13-3-9-17(10-4-13)27(25,26)20-12-11-19(18(22)14(20)2)15-5-7-16(8-6-15)21(23)24/h3-10,14H,11-12H2,1-2H3/t14-/m0/s1. The van der Waals surface area contributed by atoms with Crippen LogP contribution in [0.25, 0.3) is 0 Å². The van der Waals surface area contributed by atoms with E-state index in [1.54, 1.807) is 19.1 Å². The number of nitro benzene ring substituents is 1. The fourth-order valence-corrected chi connectivity index (χ4v) is 4.62. The molecule has 3 rings (SSSR count). The molecule has 27 heavy (non-hydrogen) atoms. The molecule has 0 aliphatic carbocycles. The van der Waals surface area contributed by atoms with Gasteiger partial charge in [0.25, 0.3) is 5.69 Å². The second-order valence-electron chi connectivity index (χ2n) is 6.37. The third-order valence-electron chi connectivity index (χ3n) is 4.60. The molecule has 1 fully saturated rings. The Labute approximate surface area is 157 Å². The van der Waals surface area contributed by atoms with Gasteiger partial charge >= 0.3 is 0 Å². The largest absolute Gasteiger partial charge is 0.310 e. The van der Waals surface area contributed by atoms with Crippen LogP contribution in [-0.4, -0.2) is 42.7 Å². The Morgan fingerprint density at radius 1 is 1.04 bits per heavy atom. The SMILES string of the molecule is Cc1ccc(S(=O)(=O)N2CCN(c3ccc([N+](=O)[O-])cc3)C(=O)[C@@H]2C)cc1. The number of carbonyl (C=O) groups is 1. The normalized spacial score (nSPS) is 18.5. The van der Waals surface area contributed by atoms with Gasteiger partial charge in [-0.05, 0) is 38.1 Å². The number of aryl methyl sites for hydroxylation is 1. The van der Waals surface area contributed by atoms with Gasteiger partial charge in [0, 0.05) is 30.9 Å². The molecule has 0 aromatic heterocycles. The first kappa shape index (κ1) is 19.0. The maximum atomic E-state index is 12.9. The van der Waals surface area contributed by atoms with E-state index >= 15 is 0 Å². The van der Waals surface area contributed by atoms with Crippen LogP contribution < -0.4 is 4.90 Å². The van der Waals surface area contributed by atoms with E-state index in [9.17, 15) is 23.3 Å². The van der Waals surface area contributed by atoms with Crippen molar-refractivity contribution in [3.05, 3.63) is 64.2 Å². The molecule has 1 atom stereocenters. The lowest BCUT2D eigenvalue weighted by atomic mass is 10.2. The molecule has 0 N–H and O–H groups in total. The Bertz CT molecular complexity index is 971. The van der Waals surface area contributed by atoms with Gasteiger partial charge in [0.05, 0.1) is 9.82 Å². The van der Waals surface area contributed by atoms with E-state index in [0.717, 1.165) is 5.56 Å². The highest BCUT2D eigenvalue weighted by molar-refractivity contribution is 7.89. The van der Waals surface area contributed by atoms with Crippen molar-refractivity contribution < 1.29 is 18.1 Å². The van der Waals surface area contributed by atoms with Crippen molar-refractivity contribution in [1.29, 1.82) is 0 Å². The van der Waals surface area contributed by atoms with Gasteiger partial charge in [-0.2, -0.15) is 4.31 Å². The van der Waals surface area contributed by atoms with E-state index in [-0.39, 0.29) is 29.6 Å². The molecule has 142 valence electrons. The smallest absolute Gasteiger partial charge is 0.269 e. The molecule has 1 amide bonds. The summed E-state index contributed by atoms with van der Waals surface area (Å²) in [4.78, 5) is 24.6. The van der Waals surface area contributed by atoms with Crippen molar-refractivity contribution in [2.45, 2.75) is 24.8 Å². The molecule has 2 aromatic carbocycles. The minimum atomic E-state index is -3.79. The first-order valence-corrected chi connectivity index (χ1v) is 9.80. The zero-order valence-corrected chi connectivity index (χ0v) is 15.7. The number of hydrogen-bond donors (Lipinski definition) is 0. The zero-order valence-electron chi connectivity index (χ0n) is 14.9. The quantitative estimate of drug-likeness (QED) is 0.590. The summed E-state index contributed by atoms with van der Waals surface area (Å²) in [6, 6.07) is 11.2. The predicted octanol–water partition coefficient (Wildman–Crippen LogP) is 2.33. The van der Waals surface area contributed by atoms with Crippen LogP contribution in [0.15, 0.2) is 53.4 Å². The summed E-state index contributed by atoms with van der Waals surface area (Å²) in [5, 5.41) is 10.8. The van der Waals surface area contributed by atoms with Crippen molar-refractivity contribution in [3.63, 3.8) is 0 Å². The molecule has 0 radical (unpaired) electrons. The van der Waals surface area contributed by atoms with E-state index in [0.29, 0.717) is 5.69 Å². The number of rotatable bonds is 4. The van der Waals surface area contributed by atoms with Crippen LogP contribution in [-0.2, 0) is 14.8 Å². The predicted molar refractivity (Wildman–Crippen MR) is 100.0 cm³/mol. The molecule has 0 bridgehead atoms. The molecule has 9 heteroatoms. The number of hydrogen-bond acceptors (Lipinski definition) is 5. The number of piperazine rings is 1. The van der Waals surface area contributed by atoms with Crippen LogP contribution in [0, 0.1) is 17.0 Å². The lowest BCUT2D eigenvalue weighted by Crippen LogP contribution is -2.57. The summed E-state index contributed by atoms with van der Waals surface area (Å²) in [7, 11) is -3.79. The zero-order chi connectivity index (χ0) is 19.8. The van der Waals surface area contributed by atoms with Gasteiger partial charge in [0.2, 0.25) is 15.9 Å². The Balaban J connectivity index is 1.83. The molecule has 0 saturated carbocycles. The summed E-state index contributed by atoms with van der Waals surface area (Å²) in [5.74, 6) is -0.370. The highest BCUT2D eigenvalue weighted by atomic mass is 32.2. The third-order valence-corrected chi connectivity index (χ3v) is 6.58. The number of amides is 1. The molecule has 0 unspecified atom stereocenters. The van der Waals surface area contributed by atoms with Crippen LogP contribution in [0.1, 0.15) is 12.5 Å². The van der Waals surface area contributed by atoms with Crippen LogP contribution in [0.3, 0.4) is 0 Å². The topological polar surface area (TPSA) is 101 Å². The number of carbonyl (C=O) groups excluding carboxylic acids is 1. The lowest BCUT2D eigenvalue weighted by Gasteiger charge is -2.38. The lowest BCUT2D eigenvalue weighted by molar-refractivity contribution is -0.384. The van der Waals surface area contributed by atoms with Gasteiger partial charge in [-0.1, -0.05) is 17.7 Å². The molecule has 1 heterocycles. The molecular formula is C18H19N3O5S. The summed E-state index contributed by atoms with van der Waals surface area (Å²) < 4.78 is 27.0. The Morgan fingerprint density at radius 2 is 1.63 bits per heavy atom.